The lowest BCUT2D eigenvalue weighted by atomic mass is 10.0. The van der Waals surface area contributed by atoms with Crippen LogP contribution in [0.5, 0.6) is 0 Å². The number of aromatic nitrogens is 2. The second kappa shape index (κ2) is 3.97. The third-order valence-corrected chi connectivity index (χ3v) is 2.55. The van der Waals surface area contributed by atoms with Gasteiger partial charge in [0.25, 0.3) is 0 Å². The molecule has 0 aliphatic carbocycles. The Kier molecular flexibility index (Phi) is 3.24. The molecule has 0 aliphatic heterocycles. The fourth-order valence-electron chi connectivity index (χ4n) is 2.07. The maximum absolute atomic E-state index is 9.77. The smallest absolute Gasteiger partial charge is 0.0786 e. The predicted octanol–water partition coefficient (Wildman–Crippen LogP) is 2.39. The molecule has 1 aromatic rings. The third-order valence-electron chi connectivity index (χ3n) is 2.55. The van der Waals surface area contributed by atoms with Crippen LogP contribution in [0.15, 0.2) is 0 Å². The lowest BCUT2D eigenvalue weighted by Crippen LogP contribution is -2.27. The van der Waals surface area contributed by atoms with Crippen molar-refractivity contribution in [2.75, 3.05) is 0 Å². The Morgan fingerprint density at radius 1 is 1.33 bits per heavy atom. The molecule has 0 amide bonds. The first-order valence-corrected chi connectivity index (χ1v) is 5.48. The van der Waals surface area contributed by atoms with Crippen LogP contribution in [-0.4, -0.2) is 20.5 Å². The van der Waals surface area contributed by atoms with E-state index < -0.39 is 5.60 Å². The number of hydrogen-bond acceptors (Lipinski definition) is 2. The van der Waals surface area contributed by atoms with Crippen molar-refractivity contribution >= 4 is 0 Å². The molecular formula is C12H22N2O. The molecule has 1 rings (SSSR count). The Bertz CT molecular complexity index is 345. The molecule has 1 N–H and O–H groups in total. The largest absolute Gasteiger partial charge is 0.389 e. The first kappa shape index (κ1) is 12.2. The topological polar surface area (TPSA) is 38.0 Å². The van der Waals surface area contributed by atoms with Gasteiger partial charge in [-0.15, -0.1) is 0 Å². The fraction of sp³-hybridized carbons (Fsp3) is 0.750. The van der Waals surface area contributed by atoms with E-state index in [9.17, 15) is 5.11 Å². The maximum Gasteiger partial charge on any atom is 0.0786 e. The van der Waals surface area contributed by atoms with E-state index in [1.54, 1.807) is 13.8 Å². The van der Waals surface area contributed by atoms with E-state index in [4.69, 9.17) is 0 Å². The third kappa shape index (κ3) is 2.81. The minimum atomic E-state index is -0.711. The van der Waals surface area contributed by atoms with Gasteiger partial charge in [-0.25, -0.2) is 0 Å². The molecule has 3 nitrogen and oxygen atoms in total. The molecule has 0 aromatic carbocycles. The van der Waals surface area contributed by atoms with Crippen molar-refractivity contribution in [2.24, 2.45) is 0 Å². The Labute approximate surface area is 92.1 Å². The molecule has 3 heteroatoms. The molecule has 0 radical (unpaired) electrons. The lowest BCUT2D eigenvalue weighted by molar-refractivity contribution is 0.0569. The Balaban J connectivity index is 3.07. The van der Waals surface area contributed by atoms with Crippen LogP contribution in [0.1, 0.15) is 50.6 Å². The molecule has 0 atom stereocenters. The first-order valence-electron chi connectivity index (χ1n) is 5.48. The summed E-state index contributed by atoms with van der Waals surface area (Å²) in [6.07, 6.45) is 0. The van der Waals surface area contributed by atoms with Gasteiger partial charge in [0.1, 0.15) is 0 Å². The molecule has 0 saturated carbocycles. The van der Waals surface area contributed by atoms with E-state index in [2.05, 4.69) is 25.9 Å². The van der Waals surface area contributed by atoms with Gasteiger partial charge in [0, 0.05) is 5.69 Å². The summed E-state index contributed by atoms with van der Waals surface area (Å²) in [4.78, 5) is 0. The summed E-state index contributed by atoms with van der Waals surface area (Å²) in [7, 11) is 0. The van der Waals surface area contributed by atoms with Crippen LogP contribution in [0.4, 0.5) is 0 Å². The van der Waals surface area contributed by atoms with E-state index >= 15 is 0 Å². The average Bonchev–Trinajstić information content (AvgIpc) is 2.23. The second-order valence-corrected chi connectivity index (χ2v) is 5.21. The summed E-state index contributed by atoms with van der Waals surface area (Å²) in [5, 5.41) is 14.2. The summed E-state index contributed by atoms with van der Waals surface area (Å²) < 4.78 is 1.91. The molecule has 86 valence electrons. The van der Waals surface area contributed by atoms with Gasteiger partial charge in [-0.3, -0.25) is 4.68 Å². The highest BCUT2D eigenvalue weighted by Crippen LogP contribution is 2.23. The van der Waals surface area contributed by atoms with Gasteiger partial charge in [0.2, 0.25) is 0 Å². The van der Waals surface area contributed by atoms with Gasteiger partial charge in [0.15, 0.2) is 0 Å². The molecule has 15 heavy (non-hydrogen) atoms. The van der Waals surface area contributed by atoms with Crippen molar-refractivity contribution in [3.63, 3.8) is 0 Å². The van der Waals surface area contributed by atoms with Crippen LogP contribution < -0.4 is 0 Å². The molecule has 0 spiro atoms. The van der Waals surface area contributed by atoms with Gasteiger partial charge in [-0.05, 0) is 39.2 Å². The number of aryl methyl sites for hydroxylation is 1. The highest BCUT2D eigenvalue weighted by molar-refractivity contribution is 5.27. The van der Waals surface area contributed by atoms with Crippen molar-refractivity contribution in [2.45, 2.75) is 59.6 Å². The first-order chi connectivity index (χ1) is 6.72. The van der Waals surface area contributed by atoms with E-state index in [0.717, 1.165) is 5.69 Å². The van der Waals surface area contributed by atoms with Gasteiger partial charge >= 0.3 is 0 Å². The summed E-state index contributed by atoms with van der Waals surface area (Å²) in [6.45, 7) is 12.6. The SMILES string of the molecule is Cc1nn(CC(C)(C)O)c(C)c1C(C)C. The number of rotatable bonds is 3. The van der Waals surface area contributed by atoms with Crippen LogP contribution in [-0.2, 0) is 6.54 Å². The number of aliphatic hydroxyl groups is 1. The van der Waals surface area contributed by atoms with Gasteiger partial charge in [-0.2, -0.15) is 5.10 Å². The summed E-state index contributed by atoms with van der Waals surface area (Å²) >= 11 is 0. The van der Waals surface area contributed by atoms with E-state index in [1.807, 2.05) is 11.6 Å². The molecule has 1 heterocycles. The van der Waals surface area contributed by atoms with Crippen molar-refractivity contribution < 1.29 is 5.11 Å². The van der Waals surface area contributed by atoms with Crippen LogP contribution in [0.2, 0.25) is 0 Å². The zero-order valence-corrected chi connectivity index (χ0v) is 10.6. The van der Waals surface area contributed by atoms with Crippen molar-refractivity contribution in [3.05, 3.63) is 17.0 Å². The zero-order valence-electron chi connectivity index (χ0n) is 10.6. The minimum Gasteiger partial charge on any atom is -0.389 e. The Morgan fingerprint density at radius 2 is 1.87 bits per heavy atom. The van der Waals surface area contributed by atoms with E-state index in [1.165, 1.54) is 11.3 Å². The summed E-state index contributed by atoms with van der Waals surface area (Å²) in [5.41, 5.74) is 2.84. The van der Waals surface area contributed by atoms with Crippen LogP contribution in [0, 0.1) is 13.8 Å². The zero-order chi connectivity index (χ0) is 11.8. The summed E-state index contributed by atoms with van der Waals surface area (Å²) in [5.74, 6) is 0.487. The summed E-state index contributed by atoms with van der Waals surface area (Å²) in [6, 6.07) is 0. The lowest BCUT2D eigenvalue weighted by Gasteiger charge is -2.18. The standard InChI is InChI=1S/C12H22N2O/c1-8(2)11-9(3)13-14(10(11)4)7-12(5,6)15/h8,15H,7H2,1-6H3. The quantitative estimate of drug-likeness (QED) is 0.832. The molecule has 0 bridgehead atoms. The Morgan fingerprint density at radius 3 is 2.20 bits per heavy atom. The average molecular weight is 210 g/mol. The van der Waals surface area contributed by atoms with Crippen molar-refractivity contribution in [1.29, 1.82) is 0 Å². The van der Waals surface area contributed by atoms with Crippen LogP contribution in [0.3, 0.4) is 0 Å². The maximum atomic E-state index is 9.77. The fourth-order valence-corrected chi connectivity index (χ4v) is 2.07. The number of hydrogen-bond donors (Lipinski definition) is 1. The van der Waals surface area contributed by atoms with Crippen LogP contribution in [0.25, 0.3) is 0 Å². The van der Waals surface area contributed by atoms with Gasteiger partial charge in [0.05, 0.1) is 17.8 Å². The van der Waals surface area contributed by atoms with E-state index in [-0.39, 0.29) is 0 Å². The number of nitrogens with zero attached hydrogens (tertiary/aromatic N) is 2. The molecule has 0 saturated heterocycles. The van der Waals surface area contributed by atoms with Crippen LogP contribution >= 0.6 is 0 Å². The highest BCUT2D eigenvalue weighted by Gasteiger charge is 2.19. The normalized spacial score (nSPS) is 12.5. The molecular weight excluding hydrogens is 188 g/mol. The highest BCUT2D eigenvalue weighted by atomic mass is 16.3. The van der Waals surface area contributed by atoms with E-state index in [0.29, 0.717) is 12.5 Å². The monoisotopic (exact) mass is 210 g/mol. The predicted molar refractivity (Wildman–Crippen MR) is 62.1 cm³/mol. The van der Waals surface area contributed by atoms with Gasteiger partial charge < -0.3 is 5.11 Å². The van der Waals surface area contributed by atoms with Gasteiger partial charge in [-0.1, -0.05) is 13.8 Å². The minimum absolute atomic E-state index is 0.487. The molecule has 0 aliphatic rings. The second-order valence-electron chi connectivity index (χ2n) is 5.21. The molecule has 0 unspecified atom stereocenters. The van der Waals surface area contributed by atoms with Crippen molar-refractivity contribution in [1.82, 2.24) is 9.78 Å². The molecule has 1 aromatic heterocycles. The molecule has 0 fully saturated rings. The van der Waals surface area contributed by atoms with Crippen molar-refractivity contribution in [3.8, 4) is 0 Å². The Hall–Kier alpha value is -0.830.